The number of piperazine rings is 1. The zero-order chi connectivity index (χ0) is 26.4. The molecule has 0 bridgehead atoms. The highest BCUT2D eigenvalue weighted by Crippen LogP contribution is 2.37. The topological polar surface area (TPSA) is 160 Å². The van der Waals surface area contributed by atoms with E-state index in [2.05, 4.69) is 9.97 Å². The Labute approximate surface area is 213 Å². The minimum absolute atomic E-state index is 0.0239. The van der Waals surface area contributed by atoms with Crippen molar-refractivity contribution in [2.45, 2.75) is 31.5 Å². The van der Waals surface area contributed by atoms with Crippen molar-refractivity contribution in [3.8, 4) is 0 Å². The first-order valence-corrected chi connectivity index (χ1v) is 12.0. The van der Waals surface area contributed by atoms with Crippen molar-refractivity contribution >= 4 is 40.2 Å². The molecule has 15 heteroatoms. The molecule has 0 spiro atoms. The molecule has 2 N–H and O–H groups in total. The van der Waals surface area contributed by atoms with E-state index in [0.717, 1.165) is 25.1 Å². The zero-order valence-electron chi connectivity index (χ0n) is 19.5. The van der Waals surface area contributed by atoms with Crippen LogP contribution in [0.2, 0.25) is 5.28 Å². The van der Waals surface area contributed by atoms with Gasteiger partial charge in [-0.3, -0.25) is 14.3 Å². The van der Waals surface area contributed by atoms with Crippen LogP contribution in [-0.2, 0) is 6.54 Å². The molecule has 3 aromatic rings. The van der Waals surface area contributed by atoms with Crippen molar-refractivity contribution in [2.24, 2.45) is 0 Å². The highest BCUT2D eigenvalue weighted by Gasteiger charge is 2.30. The maximum Gasteiger partial charge on any atom is 0.383 e. The summed E-state index contributed by atoms with van der Waals surface area (Å²) in [4.78, 5) is 46.2. The van der Waals surface area contributed by atoms with Gasteiger partial charge in [-0.05, 0) is 40.4 Å². The maximum atomic E-state index is 15.1. The Hall–Kier alpha value is -3.62. The second kappa shape index (κ2) is 9.68. The molecule has 196 valence electrons. The lowest BCUT2D eigenvalue weighted by Gasteiger charge is -2.36. The summed E-state index contributed by atoms with van der Waals surface area (Å²) in [6.07, 6.45) is 3.23. The summed E-state index contributed by atoms with van der Waals surface area (Å²) < 4.78 is 18.1. The van der Waals surface area contributed by atoms with Crippen LogP contribution in [0.15, 0.2) is 23.3 Å². The number of pyridine rings is 2. The van der Waals surface area contributed by atoms with Gasteiger partial charge in [-0.15, -0.1) is 0 Å². The number of fused-ring (bicyclic) bond motifs is 1. The minimum atomic E-state index is -1.36. The average Bonchev–Trinajstić information content (AvgIpc) is 3.62. The number of rotatable bonds is 8. The first-order chi connectivity index (χ1) is 17.6. The van der Waals surface area contributed by atoms with E-state index in [0.29, 0.717) is 26.2 Å². The van der Waals surface area contributed by atoms with Crippen LogP contribution >= 0.6 is 11.6 Å². The van der Waals surface area contributed by atoms with Crippen molar-refractivity contribution in [1.82, 2.24) is 24.0 Å². The smallest absolute Gasteiger partial charge is 0.383 e. The highest BCUT2D eigenvalue weighted by molar-refractivity contribution is 6.28. The Balaban J connectivity index is 1.29. The number of hydrogen-bond donors (Lipinski definition) is 2. The molecule has 1 saturated heterocycles. The van der Waals surface area contributed by atoms with E-state index < -0.39 is 39.6 Å². The zero-order valence-corrected chi connectivity index (χ0v) is 20.2. The Bertz CT molecular complexity index is 1450. The number of aromatic nitrogens is 4. The van der Waals surface area contributed by atoms with E-state index in [1.54, 1.807) is 9.47 Å². The van der Waals surface area contributed by atoms with Crippen LogP contribution in [0.1, 0.15) is 29.2 Å². The molecule has 3 aromatic heterocycles. The van der Waals surface area contributed by atoms with Crippen molar-refractivity contribution < 1.29 is 24.3 Å². The number of carboxylic acid groups (broad SMARTS) is 1. The molecule has 1 unspecified atom stereocenters. The van der Waals surface area contributed by atoms with Crippen LogP contribution in [0.5, 0.6) is 0 Å². The number of β-amino-alcohol motifs (C(OH)–C–C–N with tert-alkyl or cyclic N) is 1. The van der Waals surface area contributed by atoms with Gasteiger partial charge in [-0.1, -0.05) is 0 Å². The second-order valence-electron chi connectivity index (χ2n) is 9.20. The number of aromatic carboxylic acids is 1. The van der Waals surface area contributed by atoms with Crippen LogP contribution in [0.4, 0.5) is 16.0 Å². The number of imidazole rings is 1. The van der Waals surface area contributed by atoms with Crippen LogP contribution in [0.25, 0.3) is 11.0 Å². The Kier molecular flexibility index (Phi) is 6.56. The molecule has 2 fully saturated rings. The van der Waals surface area contributed by atoms with Crippen LogP contribution in [0, 0.1) is 15.9 Å². The van der Waals surface area contributed by atoms with Crippen LogP contribution < -0.4 is 10.3 Å². The van der Waals surface area contributed by atoms with E-state index in [4.69, 9.17) is 11.6 Å². The molecule has 1 saturated carbocycles. The third-order valence-electron chi connectivity index (χ3n) is 6.56. The molecular formula is C22H23ClFN7O6. The van der Waals surface area contributed by atoms with E-state index in [-0.39, 0.29) is 41.3 Å². The molecule has 0 aromatic carbocycles. The quantitative estimate of drug-likeness (QED) is 0.319. The van der Waals surface area contributed by atoms with Gasteiger partial charge in [-0.25, -0.2) is 14.2 Å². The Morgan fingerprint density at radius 3 is 2.51 bits per heavy atom. The fourth-order valence-electron chi connectivity index (χ4n) is 4.56. The van der Waals surface area contributed by atoms with Gasteiger partial charge in [0.15, 0.2) is 11.6 Å². The third kappa shape index (κ3) is 4.99. The normalized spacial score (nSPS) is 17.3. The molecule has 1 aliphatic carbocycles. The van der Waals surface area contributed by atoms with Gasteiger partial charge in [0.05, 0.1) is 18.0 Å². The van der Waals surface area contributed by atoms with Gasteiger partial charge < -0.3 is 29.8 Å². The summed E-state index contributed by atoms with van der Waals surface area (Å²) in [7, 11) is 0. The number of carboxylic acids is 1. The van der Waals surface area contributed by atoms with Gasteiger partial charge in [-0.2, -0.15) is 0 Å². The number of aliphatic hydroxyl groups excluding tert-OH is 1. The Morgan fingerprint density at radius 1 is 1.22 bits per heavy atom. The standard InChI is InChI=1S/C22H23ClFN7O6/c23-22-25-17(31(36)37)11-29(22)9-13(32)8-27-3-5-28(6-4-27)20-16(24)7-14-18(33)15(21(34)35)10-30(12-1-2-12)19(14)26-20/h7,10-13,32H,1-6,8-9H2,(H,34,35). The molecule has 4 heterocycles. The molecule has 0 amide bonds. The van der Waals surface area contributed by atoms with Gasteiger partial charge in [0.25, 0.3) is 0 Å². The number of aliphatic hydroxyl groups is 1. The largest absolute Gasteiger partial charge is 0.477 e. The Morgan fingerprint density at radius 2 is 1.92 bits per heavy atom. The van der Waals surface area contributed by atoms with Gasteiger partial charge in [0, 0.05) is 45.0 Å². The lowest BCUT2D eigenvalue weighted by atomic mass is 10.1. The molecule has 0 radical (unpaired) electrons. The monoisotopic (exact) mass is 535 g/mol. The van der Waals surface area contributed by atoms with E-state index in [9.17, 15) is 29.9 Å². The van der Waals surface area contributed by atoms with Crippen molar-refractivity contribution in [3.63, 3.8) is 0 Å². The summed E-state index contributed by atoms with van der Waals surface area (Å²) in [5.41, 5.74) is -0.912. The minimum Gasteiger partial charge on any atom is -0.477 e. The summed E-state index contributed by atoms with van der Waals surface area (Å²) in [6, 6.07) is 1.09. The number of carbonyl (C=O) groups is 1. The van der Waals surface area contributed by atoms with E-state index in [1.165, 1.54) is 10.8 Å². The number of nitrogens with zero attached hydrogens (tertiary/aromatic N) is 7. The van der Waals surface area contributed by atoms with Gasteiger partial charge in [0.2, 0.25) is 5.43 Å². The van der Waals surface area contributed by atoms with Crippen LogP contribution in [-0.4, -0.2) is 83.9 Å². The highest BCUT2D eigenvalue weighted by atomic mass is 35.5. The van der Waals surface area contributed by atoms with Crippen molar-refractivity contribution in [3.05, 3.63) is 55.5 Å². The lowest BCUT2D eigenvalue weighted by molar-refractivity contribution is -0.389. The predicted molar refractivity (Wildman–Crippen MR) is 130 cm³/mol. The third-order valence-corrected chi connectivity index (χ3v) is 6.86. The van der Waals surface area contributed by atoms with Gasteiger partial charge >= 0.3 is 17.1 Å². The first-order valence-electron chi connectivity index (χ1n) is 11.6. The second-order valence-corrected chi connectivity index (χ2v) is 9.54. The molecule has 1 aliphatic heterocycles. The number of anilines is 1. The van der Waals surface area contributed by atoms with Crippen molar-refractivity contribution in [1.29, 1.82) is 0 Å². The average molecular weight is 536 g/mol. The van der Waals surface area contributed by atoms with E-state index >= 15 is 4.39 Å². The number of nitro groups is 1. The summed E-state index contributed by atoms with van der Waals surface area (Å²) in [5, 5.41) is 30.6. The molecule has 1 atom stereocenters. The molecule has 5 rings (SSSR count). The summed E-state index contributed by atoms with van der Waals surface area (Å²) in [6.45, 7) is 2.07. The number of hydrogen-bond acceptors (Lipinski definition) is 9. The summed E-state index contributed by atoms with van der Waals surface area (Å²) >= 11 is 5.91. The van der Waals surface area contributed by atoms with Crippen molar-refractivity contribution in [2.75, 3.05) is 37.6 Å². The fourth-order valence-corrected chi connectivity index (χ4v) is 4.77. The maximum absolute atomic E-state index is 15.1. The molecule has 2 aliphatic rings. The summed E-state index contributed by atoms with van der Waals surface area (Å²) in [5.74, 6) is -2.39. The fraction of sp³-hybridized carbons (Fsp3) is 0.455. The molecule has 37 heavy (non-hydrogen) atoms. The first kappa shape index (κ1) is 25.0. The lowest BCUT2D eigenvalue weighted by Crippen LogP contribution is -2.49. The van der Waals surface area contributed by atoms with Crippen LogP contribution in [0.3, 0.4) is 0 Å². The predicted octanol–water partition coefficient (Wildman–Crippen LogP) is 1.51. The van der Waals surface area contributed by atoms with E-state index in [1.807, 2.05) is 4.90 Å². The SMILES string of the molecule is O=C(O)c1cn(C2CC2)c2nc(N3CCN(CC(O)Cn4cc([N+](=O)[O-])nc4Cl)CC3)c(F)cc2c1=O. The molecular weight excluding hydrogens is 513 g/mol. The van der Waals surface area contributed by atoms with Gasteiger partial charge in [0.1, 0.15) is 17.4 Å². The number of halogens is 2. The molecule has 13 nitrogen and oxygen atoms in total.